The molecular weight excluding hydrogens is 179 g/mol. The SMILES string of the molecule is O=C(O)O.[H+].[SnH2]. The molecule has 0 saturated carbocycles. The Bertz CT molecular complexity index is 33.8. The van der Waals surface area contributed by atoms with Gasteiger partial charge in [-0.3, -0.25) is 0 Å². The van der Waals surface area contributed by atoms with Crippen LogP contribution in [0.5, 0.6) is 0 Å². The van der Waals surface area contributed by atoms with Crippen LogP contribution in [-0.4, -0.2) is 40.3 Å². The predicted molar refractivity (Wildman–Crippen MR) is 20.3 cm³/mol. The fraction of sp³-hybridized carbons (Fsp3) is 0. The van der Waals surface area contributed by atoms with Crippen LogP contribution >= 0.6 is 0 Å². The molecule has 2 N–H and O–H groups in total. The van der Waals surface area contributed by atoms with Crippen LogP contribution in [0.15, 0.2) is 0 Å². The maximum absolute atomic E-state index is 8.56. The van der Waals surface area contributed by atoms with Crippen molar-refractivity contribution in [2.24, 2.45) is 0 Å². The summed E-state index contributed by atoms with van der Waals surface area (Å²) >= 11 is 0. The van der Waals surface area contributed by atoms with Gasteiger partial charge in [0.05, 0.1) is 0 Å². The molecule has 0 aliphatic carbocycles. The average molecular weight is 184 g/mol. The third-order valence-corrected chi connectivity index (χ3v) is 0. The van der Waals surface area contributed by atoms with Crippen molar-refractivity contribution in [1.29, 1.82) is 0 Å². The Morgan fingerprint density at radius 1 is 1.60 bits per heavy atom. The Labute approximate surface area is 47.1 Å². The van der Waals surface area contributed by atoms with Crippen LogP contribution in [0.1, 0.15) is 1.43 Å². The normalized spacial score (nSPS) is 4.80. The maximum atomic E-state index is 8.56. The summed E-state index contributed by atoms with van der Waals surface area (Å²) in [7, 11) is 0. The third kappa shape index (κ3) is 3690. The second-order valence-corrected chi connectivity index (χ2v) is 0.283. The zero-order chi connectivity index (χ0) is 3.58. The van der Waals surface area contributed by atoms with Gasteiger partial charge >= 0.3 is 31.5 Å². The molecule has 0 amide bonds. The molecule has 0 fully saturated rings. The van der Waals surface area contributed by atoms with Gasteiger partial charge in [-0.15, -0.1) is 0 Å². The molecular formula is CH5O3Sn+. The first-order valence-corrected chi connectivity index (χ1v) is 0.651. The molecule has 4 heteroatoms. The summed E-state index contributed by atoms with van der Waals surface area (Å²) < 4.78 is 0. The standard InChI is InChI=1S/CH2O3.Sn.2H/c2-1(3)4;;;/h(H2,2,3,4);;;/p+1. The van der Waals surface area contributed by atoms with E-state index in [-0.39, 0.29) is 25.3 Å². The molecule has 0 heterocycles. The van der Waals surface area contributed by atoms with E-state index in [4.69, 9.17) is 15.0 Å². The first-order valence-electron chi connectivity index (χ1n) is 0.651. The van der Waals surface area contributed by atoms with Crippen molar-refractivity contribution in [1.82, 2.24) is 0 Å². The predicted octanol–water partition coefficient (Wildman–Crippen LogP) is -0.581. The van der Waals surface area contributed by atoms with Crippen LogP contribution in [0.3, 0.4) is 0 Å². The van der Waals surface area contributed by atoms with E-state index in [0.29, 0.717) is 0 Å². The number of hydrogen-bond donors (Lipinski definition) is 2. The van der Waals surface area contributed by atoms with Crippen molar-refractivity contribution in [3.05, 3.63) is 0 Å². The van der Waals surface area contributed by atoms with Crippen LogP contribution in [0.25, 0.3) is 0 Å². The second-order valence-electron chi connectivity index (χ2n) is 0.283. The number of rotatable bonds is 0. The Morgan fingerprint density at radius 2 is 1.60 bits per heavy atom. The molecule has 30 valence electrons. The van der Waals surface area contributed by atoms with Gasteiger partial charge in [0.25, 0.3) is 0 Å². The van der Waals surface area contributed by atoms with Gasteiger partial charge in [-0.1, -0.05) is 0 Å². The quantitative estimate of drug-likeness (QED) is 0.495. The summed E-state index contributed by atoms with van der Waals surface area (Å²) in [6.45, 7) is 0. The summed E-state index contributed by atoms with van der Waals surface area (Å²) in [4.78, 5) is 8.56. The Balaban J connectivity index is -0.0000000450. The average Bonchev–Trinajstić information content (AvgIpc) is 0.811. The van der Waals surface area contributed by atoms with E-state index >= 15 is 0 Å². The molecule has 0 bridgehead atoms. The van der Waals surface area contributed by atoms with Crippen molar-refractivity contribution in [2.45, 2.75) is 0 Å². The van der Waals surface area contributed by atoms with Crippen LogP contribution in [0.4, 0.5) is 4.79 Å². The van der Waals surface area contributed by atoms with Crippen molar-refractivity contribution in [3.8, 4) is 0 Å². The molecule has 0 saturated heterocycles. The van der Waals surface area contributed by atoms with Crippen LogP contribution < -0.4 is 0 Å². The molecule has 0 aromatic heterocycles. The van der Waals surface area contributed by atoms with Gasteiger partial charge in [-0.25, -0.2) is 4.79 Å². The van der Waals surface area contributed by atoms with Crippen LogP contribution in [0, 0.1) is 0 Å². The van der Waals surface area contributed by atoms with Gasteiger partial charge in [-0.05, 0) is 0 Å². The molecule has 0 unspecified atom stereocenters. The van der Waals surface area contributed by atoms with E-state index < -0.39 is 6.16 Å². The van der Waals surface area contributed by atoms with Gasteiger partial charge in [-0.2, -0.15) is 0 Å². The van der Waals surface area contributed by atoms with Crippen LogP contribution in [0.2, 0.25) is 0 Å². The molecule has 0 aromatic rings. The second kappa shape index (κ2) is 4.07. The van der Waals surface area contributed by atoms with E-state index in [1.807, 2.05) is 0 Å². The summed E-state index contributed by atoms with van der Waals surface area (Å²) in [5.41, 5.74) is 0. The van der Waals surface area contributed by atoms with Gasteiger partial charge in [0.1, 0.15) is 0 Å². The van der Waals surface area contributed by atoms with Crippen molar-refractivity contribution in [3.63, 3.8) is 0 Å². The molecule has 0 aliphatic rings. The van der Waals surface area contributed by atoms with Crippen molar-refractivity contribution >= 4 is 30.1 Å². The molecule has 5 heavy (non-hydrogen) atoms. The summed E-state index contributed by atoms with van der Waals surface area (Å²) in [5.74, 6) is 0. The Kier molecular flexibility index (Phi) is 7.25. The minimum atomic E-state index is -1.83. The Morgan fingerprint density at radius 3 is 1.60 bits per heavy atom. The number of carboxylic acid groups (broad SMARTS) is 2. The number of carbonyl (C=O) groups is 1. The van der Waals surface area contributed by atoms with Gasteiger partial charge in [0.15, 0.2) is 0 Å². The molecule has 0 aromatic carbocycles. The van der Waals surface area contributed by atoms with E-state index in [9.17, 15) is 0 Å². The minimum absolute atomic E-state index is 0. The van der Waals surface area contributed by atoms with Gasteiger partial charge in [0.2, 0.25) is 0 Å². The fourth-order valence-electron chi connectivity index (χ4n) is 0. The summed E-state index contributed by atoms with van der Waals surface area (Å²) in [6, 6.07) is 0. The van der Waals surface area contributed by atoms with Crippen molar-refractivity contribution in [2.75, 3.05) is 0 Å². The van der Waals surface area contributed by atoms with E-state index in [1.54, 1.807) is 0 Å². The molecule has 0 atom stereocenters. The molecule has 2 radical (unpaired) electrons. The fourth-order valence-corrected chi connectivity index (χ4v) is 0. The first kappa shape index (κ1) is 8.91. The van der Waals surface area contributed by atoms with Gasteiger partial charge < -0.3 is 10.2 Å². The first-order chi connectivity index (χ1) is 1.73. The topological polar surface area (TPSA) is 57.5 Å². The summed E-state index contributed by atoms with van der Waals surface area (Å²) in [5, 5.41) is 13.9. The molecule has 0 rings (SSSR count). The van der Waals surface area contributed by atoms with E-state index in [0.717, 1.165) is 0 Å². The van der Waals surface area contributed by atoms with E-state index in [1.165, 1.54) is 0 Å². The monoisotopic (exact) mass is 185 g/mol. The number of hydrogen-bond acceptors (Lipinski definition) is 1. The molecule has 3 nitrogen and oxygen atoms in total. The van der Waals surface area contributed by atoms with Gasteiger partial charge in [0, 0.05) is 0 Å². The zero-order valence-corrected chi connectivity index (χ0v) is 6.55. The molecule has 0 aliphatic heterocycles. The summed E-state index contributed by atoms with van der Waals surface area (Å²) in [6.07, 6.45) is -1.83. The zero-order valence-electron chi connectivity index (χ0n) is 3.51. The Hall–Kier alpha value is 0.0687. The van der Waals surface area contributed by atoms with Crippen molar-refractivity contribution < 1.29 is 16.4 Å². The third-order valence-electron chi connectivity index (χ3n) is 0. The molecule has 0 spiro atoms. The van der Waals surface area contributed by atoms with E-state index in [2.05, 4.69) is 0 Å². The van der Waals surface area contributed by atoms with Crippen LogP contribution in [-0.2, 0) is 0 Å².